The van der Waals surface area contributed by atoms with Gasteiger partial charge in [-0.1, -0.05) is 29.8 Å². The summed E-state index contributed by atoms with van der Waals surface area (Å²) >= 11 is 6.07. The molecule has 1 fully saturated rings. The largest absolute Gasteiger partial charge is 0.353 e. The minimum Gasteiger partial charge on any atom is -0.353 e. The Kier molecular flexibility index (Phi) is 10.0. The number of rotatable bonds is 10. The summed E-state index contributed by atoms with van der Waals surface area (Å²) in [4.78, 5) is 38.8. The molecular formula is C29H33ClF2N6O2. The van der Waals surface area contributed by atoms with Crippen molar-refractivity contribution < 1.29 is 18.4 Å². The summed E-state index contributed by atoms with van der Waals surface area (Å²) in [6, 6.07) is 10.8. The molecule has 2 aromatic carbocycles. The van der Waals surface area contributed by atoms with Gasteiger partial charge < -0.3 is 20.4 Å². The van der Waals surface area contributed by atoms with E-state index < -0.39 is 11.6 Å². The van der Waals surface area contributed by atoms with Crippen LogP contribution in [0.25, 0.3) is 0 Å². The van der Waals surface area contributed by atoms with E-state index in [1.54, 1.807) is 17.0 Å². The maximum Gasteiger partial charge on any atom is 0.254 e. The SMILES string of the molecule is CN(C)CCNc1ncc(C(=O)NCc2cccc(Cl)c2)c(C2CCN(C(=O)Cc3c(F)cccc3F)CC2)n1. The van der Waals surface area contributed by atoms with Gasteiger partial charge in [0.15, 0.2) is 0 Å². The highest BCUT2D eigenvalue weighted by atomic mass is 35.5. The number of anilines is 1. The number of nitrogens with zero attached hydrogens (tertiary/aromatic N) is 4. The van der Waals surface area contributed by atoms with Crippen molar-refractivity contribution in [2.24, 2.45) is 0 Å². The molecule has 0 spiro atoms. The maximum absolute atomic E-state index is 14.1. The van der Waals surface area contributed by atoms with Crippen LogP contribution in [0.2, 0.25) is 5.02 Å². The maximum atomic E-state index is 14.1. The van der Waals surface area contributed by atoms with Crippen LogP contribution in [0, 0.1) is 11.6 Å². The van der Waals surface area contributed by atoms with Crippen LogP contribution in [0.4, 0.5) is 14.7 Å². The second-order valence-corrected chi connectivity index (χ2v) is 10.5. The predicted octanol–water partition coefficient (Wildman–Crippen LogP) is 4.26. The van der Waals surface area contributed by atoms with Gasteiger partial charge in [0.05, 0.1) is 17.7 Å². The molecular weight excluding hydrogens is 538 g/mol. The van der Waals surface area contributed by atoms with E-state index in [2.05, 4.69) is 15.6 Å². The van der Waals surface area contributed by atoms with Gasteiger partial charge in [-0.25, -0.2) is 18.7 Å². The zero-order valence-corrected chi connectivity index (χ0v) is 23.3. The fraction of sp³-hybridized carbons (Fsp3) is 0.379. The van der Waals surface area contributed by atoms with Gasteiger partial charge in [-0.2, -0.15) is 0 Å². The molecule has 0 unspecified atom stereocenters. The highest BCUT2D eigenvalue weighted by molar-refractivity contribution is 6.30. The molecule has 2 N–H and O–H groups in total. The van der Waals surface area contributed by atoms with E-state index in [9.17, 15) is 18.4 Å². The van der Waals surface area contributed by atoms with Crippen LogP contribution < -0.4 is 10.6 Å². The van der Waals surface area contributed by atoms with Gasteiger partial charge in [-0.15, -0.1) is 0 Å². The Labute approximate surface area is 237 Å². The van der Waals surface area contributed by atoms with Crippen LogP contribution in [0.5, 0.6) is 0 Å². The number of aromatic nitrogens is 2. The second kappa shape index (κ2) is 13.6. The fourth-order valence-corrected chi connectivity index (χ4v) is 4.86. The van der Waals surface area contributed by atoms with Gasteiger partial charge in [0.2, 0.25) is 11.9 Å². The van der Waals surface area contributed by atoms with Crippen molar-refractivity contribution >= 4 is 29.4 Å². The topological polar surface area (TPSA) is 90.5 Å². The summed E-state index contributed by atoms with van der Waals surface area (Å²) in [6.07, 6.45) is 2.29. The minimum atomic E-state index is -0.730. The van der Waals surface area contributed by atoms with Crippen molar-refractivity contribution in [3.8, 4) is 0 Å². The molecule has 3 aromatic rings. The lowest BCUT2D eigenvalue weighted by atomic mass is 9.90. The van der Waals surface area contributed by atoms with Crippen LogP contribution in [0.3, 0.4) is 0 Å². The lowest BCUT2D eigenvalue weighted by Crippen LogP contribution is -2.39. The number of hydrogen-bond acceptors (Lipinski definition) is 6. The summed E-state index contributed by atoms with van der Waals surface area (Å²) < 4.78 is 28.1. The Balaban J connectivity index is 1.46. The second-order valence-electron chi connectivity index (χ2n) is 10.1. The summed E-state index contributed by atoms with van der Waals surface area (Å²) in [5.41, 5.74) is 1.62. The van der Waals surface area contributed by atoms with Crippen molar-refractivity contribution in [1.82, 2.24) is 25.1 Å². The molecule has 0 radical (unpaired) electrons. The van der Waals surface area contributed by atoms with Crippen molar-refractivity contribution in [3.05, 3.63) is 87.7 Å². The third kappa shape index (κ3) is 7.73. The number of hydrogen-bond donors (Lipinski definition) is 2. The van der Waals surface area contributed by atoms with E-state index >= 15 is 0 Å². The first-order valence-corrected chi connectivity index (χ1v) is 13.6. The average molecular weight is 571 g/mol. The first-order valence-electron chi connectivity index (χ1n) is 13.2. The lowest BCUT2D eigenvalue weighted by molar-refractivity contribution is -0.131. The van der Waals surface area contributed by atoms with Crippen LogP contribution >= 0.6 is 11.6 Å². The molecule has 0 saturated carbocycles. The van der Waals surface area contributed by atoms with Crippen LogP contribution in [0.1, 0.15) is 45.9 Å². The van der Waals surface area contributed by atoms with Gasteiger partial charge >= 0.3 is 0 Å². The third-order valence-corrected chi connectivity index (χ3v) is 7.11. The van der Waals surface area contributed by atoms with Crippen LogP contribution in [-0.4, -0.2) is 71.9 Å². The Morgan fingerprint density at radius 3 is 2.48 bits per heavy atom. The first-order chi connectivity index (χ1) is 19.2. The fourth-order valence-electron chi connectivity index (χ4n) is 4.65. The number of carbonyl (C=O) groups excluding carboxylic acids is 2. The molecule has 11 heteroatoms. The van der Waals surface area contributed by atoms with Crippen molar-refractivity contribution in [2.45, 2.75) is 31.7 Å². The van der Waals surface area contributed by atoms with E-state index in [1.807, 2.05) is 31.1 Å². The summed E-state index contributed by atoms with van der Waals surface area (Å²) in [5.74, 6) is -1.77. The number of halogens is 3. The number of nitrogens with one attached hydrogen (secondary N) is 2. The summed E-state index contributed by atoms with van der Waals surface area (Å²) in [7, 11) is 3.94. The Hall–Kier alpha value is -3.63. The molecule has 1 saturated heterocycles. The molecule has 1 aliphatic rings. The zero-order valence-electron chi connectivity index (χ0n) is 22.6. The Morgan fingerprint density at radius 2 is 1.80 bits per heavy atom. The Morgan fingerprint density at radius 1 is 1.10 bits per heavy atom. The Bertz CT molecular complexity index is 1330. The van der Waals surface area contributed by atoms with E-state index in [4.69, 9.17) is 16.6 Å². The molecule has 2 amide bonds. The number of likely N-dealkylation sites (N-methyl/N-ethyl adjacent to an activating group) is 1. The van der Waals surface area contributed by atoms with Gasteiger partial charge in [0, 0.05) is 55.4 Å². The molecule has 40 heavy (non-hydrogen) atoms. The summed E-state index contributed by atoms with van der Waals surface area (Å²) in [5, 5.41) is 6.72. The van der Waals surface area contributed by atoms with Crippen molar-refractivity contribution in [3.63, 3.8) is 0 Å². The molecule has 0 aliphatic carbocycles. The molecule has 0 atom stereocenters. The number of amides is 2. The first kappa shape index (κ1) is 29.4. The third-order valence-electron chi connectivity index (χ3n) is 6.87. The zero-order chi connectivity index (χ0) is 28.6. The number of piperidine rings is 1. The van der Waals surface area contributed by atoms with Gasteiger partial charge in [0.1, 0.15) is 11.6 Å². The van der Waals surface area contributed by atoms with E-state index in [0.717, 1.165) is 24.2 Å². The quantitative estimate of drug-likeness (QED) is 0.379. The predicted molar refractivity (Wildman–Crippen MR) is 150 cm³/mol. The molecule has 2 heterocycles. The van der Waals surface area contributed by atoms with E-state index in [1.165, 1.54) is 12.3 Å². The smallest absolute Gasteiger partial charge is 0.254 e. The molecule has 4 rings (SSSR count). The standard InChI is InChI=1S/C29H33ClF2N6O2/c1-37(2)14-11-33-29-35-18-23(28(40)34-17-19-5-3-6-21(30)15-19)27(36-29)20-9-12-38(13-10-20)26(39)16-22-24(31)7-4-8-25(22)32/h3-8,15,18,20H,9-14,16-17H2,1-2H3,(H,34,40)(H,33,35,36). The monoisotopic (exact) mass is 570 g/mol. The lowest BCUT2D eigenvalue weighted by Gasteiger charge is -2.32. The molecule has 1 aliphatic heterocycles. The van der Waals surface area contributed by atoms with Crippen molar-refractivity contribution in [1.29, 1.82) is 0 Å². The van der Waals surface area contributed by atoms with Crippen molar-refractivity contribution in [2.75, 3.05) is 45.6 Å². The molecule has 0 bridgehead atoms. The molecule has 1 aromatic heterocycles. The molecule has 8 nitrogen and oxygen atoms in total. The average Bonchev–Trinajstić information content (AvgIpc) is 2.93. The number of benzene rings is 2. The van der Waals surface area contributed by atoms with E-state index in [-0.39, 0.29) is 29.7 Å². The normalized spacial score (nSPS) is 13.9. The number of carbonyl (C=O) groups is 2. The van der Waals surface area contributed by atoms with Crippen LogP contribution in [0.15, 0.2) is 48.7 Å². The number of likely N-dealkylation sites (tertiary alicyclic amines) is 1. The highest BCUT2D eigenvalue weighted by Crippen LogP contribution is 2.30. The molecule has 212 valence electrons. The van der Waals surface area contributed by atoms with Gasteiger partial charge in [-0.05, 0) is 56.8 Å². The van der Waals surface area contributed by atoms with E-state index in [0.29, 0.717) is 61.2 Å². The summed E-state index contributed by atoms with van der Waals surface area (Å²) in [6.45, 7) is 2.48. The van der Waals surface area contributed by atoms with Crippen LogP contribution in [-0.2, 0) is 17.8 Å². The minimum absolute atomic E-state index is 0.0986. The highest BCUT2D eigenvalue weighted by Gasteiger charge is 2.29. The van der Waals surface area contributed by atoms with Gasteiger partial charge in [0.25, 0.3) is 5.91 Å². The van der Waals surface area contributed by atoms with Gasteiger partial charge in [-0.3, -0.25) is 9.59 Å².